The van der Waals surface area contributed by atoms with Gasteiger partial charge in [-0.25, -0.2) is 4.39 Å². The van der Waals surface area contributed by atoms with Crippen LogP contribution in [0.2, 0.25) is 5.02 Å². The summed E-state index contributed by atoms with van der Waals surface area (Å²) in [5.41, 5.74) is 2.17. The Morgan fingerprint density at radius 3 is 2.68 bits per heavy atom. The first-order valence-electron chi connectivity index (χ1n) is 6.53. The van der Waals surface area contributed by atoms with Gasteiger partial charge in [0, 0.05) is 39.1 Å². The Hall–Kier alpha value is -1.72. The molecule has 0 radical (unpaired) electrons. The van der Waals surface area contributed by atoms with E-state index in [1.165, 1.54) is 12.1 Å². The molecule has 2 aromatic carbocycles. The molecule has 0 unspecified atom stereocenters. The van der Waals surface area contributed by atoms with E-state index < -0.39 is 22.5 Å². The summed E-state index contributed by atoms with van der Waals surface area (Å²) in [5.74, 6) is -0.557. The summed E-state index contributed by atoms with van der Waals surface area (Å²) in [6, 6.07) is 9.02. The quantitative estimate of drug-likeness (QED) is 0.917. The van der Waals surface area contributed by atoms with Crippen molar-refractivity contribution < 1.29 is 13.4 Å². The third kappa shape index (κ3) is 4.15. The fourth-order valence-electron chi connectivity index (χ4n) is 2.02. The Morgan fingerprint density at radius 2 is 2.00 bits per heavy atom. The van der Waals surface area contributed by atoms with Crippen LogP contribution in [0.5, 0.6) is 0 Å². The van der Waals surface area contributed by atoms with Gasteiger partial charge in [0.05, 0.1) is 0 Å². The molecule has 0 aromatic heterocycles. The van der Waals surface area contributed by atoms with Crippen molar-refractivity contribution in [2.45, 2.75) is 12.7 Å². The van der Waals surface area contributed by atoms with Crippen molar-refractivity contribution in [2.24, 2.45) is 0 Å². The molecule has 1 amide bonds. The zero-order valence-corrected chi connectivity index (χ0v) is 13.7. The lowest BCUT2D eigenvalue weighted by atomic mass is 10.1. The predicted octanol–water partition coefficient (Wildman–Crippen LogP) is 3.92. The minimum absolute atomic E-state index is 0.274. The van der Waals surface area contributed by atoms with Gasteiger partial charge in [0.2, 0.25) is 0 Å². The van der Waals surface area contributed by atoms with Crippen molar-refractivity contribution in [3.63, 3.8) is 0 Å². The molecule has 0 bridgehead atoms. The van der Waals surface area contributed by atoms with Crippen LogP contribution >= 0.6 is 11.6 Å². The smallest absolute Gasteiger partial charge is 0.256 e. The number of carbonyl (C=O) groups excluding carboxylic acids is 1. The summed E-state index contributed by atoms with van der Waals surface area (Å²) in [7, 11) is -1.04. The van der Waals surface area contributed by atoms with E-state index in [0.29, 0.717) is 27.6 Å². The second-order valence-electron chi connectivity index (χ2n) is 4.94. The number of halogens is 2. The molecule has 0 fully saturated rings. The topological polar surface area (TPSA) is 46.2 Å². The van der Waals surface area contributed by atoms with Crippen LogP contribution in [0.1, 0.15) is 21.5 Å². The van der Waals surface area contributed by atoms with Gasteiger partial charge in [0.15, 0.2) is 0 Å². The summed E-state index contributed by atoms with van der Waals surface area (Å²) >= 11 is 6.04. The number of carbonyl (C=O) groups is 1. The van der Waals surface area contributed by atoms with Gasteiger partial charge in [-0.2, -0.15) is 0 Å². The standard InChI is InChI=1S/C16H15ClFNO2S/c1-10-3-4-12(18)8-14(10)16(20)19-13-5-6-15(17)11(7-13)9-22(2)21/h3-8H,9H2,1-2H3,(H,19,20)/t22-/m0/s1. The second-order valence-corrected chi connectivity index (χ2v) is 6.78. The first-order chi connectivity index (χ1) is 10.4. The average Bonchev–Trinajstić information content (AvgIpc) is 2.44. The molecule has 2 rings (SSSR count). The van der Waals surface area contributed by atoms with E-state index >= 15 is 0 Å². The van der Waals surface area contributed by atoms with Gasteiger partial charge >= 0.3 is 0 Å². The van der Waals surface area contributed by atoms with E-state index in [4.69, 9.17) is 11.6 Å². The molecule has 1 N–H and O–H groups in total. The van der Waals surface area contributed by atoms with Crippen LogP contribution in [-0.4, -0.2) is 16.4 Å². The van der Waals surface area contributed by atoms with Crippen molar-refractivity contribution >= 4 is 34.0 Å². The third-order valence-corrected chi connectivity index (χ3v) is 4.19. The van der Waals surface area contributed by atoms with Crippen molar-refractivity contribution in [3.8, 4) is 0 Å². The highest BCUT2D eigenvalue weighted by Crippen LogP contribution is 2.22. The van der Waals surface area contributed by atoms with Gasteiger partial charge < -0.3 is 5.32 Å². The zero-order valence-electron chi connectivity index (χ0n) is 12.2. The summed E-state index contributed by atoms with van der Waals surface area (Å²) in [4.78, 5) is 12.2. The highest BCUT2D eigenvalue weighted by molar-refractivity contribution is 7.83. The Balaban J connectivity index is 2.25. The molecular formula is C16H15ClFNO2S. The second kappa shape index (κ2) is 7.03. The maximum atomic E-state index is 13.3. The van der Waals surface area contributed by atoms with E-state index in [0.717, 1.165) is 0 Å². The molecule has 116 valence electrons. The largest absolute Gasteiger partial charge is 0.322 e. The van der Waals surface area contributed by atoms with Crippen molar-refractivity contribution in [1.82, 2.24) is 0 Å². The molecule has 0 saturated carbocycles. The van der Waals surface area contributed by atoms with E-state index in [9.17, 15) is 13.4 Å². The number of hydrogen-bond donors (Lipinski definition) is 1. The molecule has 0 aliphatic heterocycles. The summed E-state index contributed by atoms with van der Waals surface area (Å²) in [5, 5.41) is 3.20. The molecule has 0 saturated heterocycles. The monoisotopic (exact) mass is 339 g/mol. The van der Waals surface area contributed by atoms with E-state index in [1.807, 2.05) is 0 Å². The van der Waals surface area contributed by atoms with E-state index in [2.05, 4.69) is 5.32 Å². The van der Waals surface area contributed by atoms with Crippen LogP contribution in [0.15, 0.2) is 36.4 Å². The normalized spacial score (nSPS) is 12.0. The minimum Gasteiger partial charge on any atom is -0.322 e. The van der Waals surface area contributed by atoms with Crippen LogP contribution < -0.4 is 5.32 Å². The van der Waals surface area contributed by atoms with Crippen LogP contribution in [-0.2, 0) is 16.6 Å². The maximum absolute atomic E-state index is 13.3. The summed E-state index contributed by atoms with van der Waals surface area (Å²) in [6.07, 6.45) is 1.58. The Bertz CT molecular complexity index is 749. The first kappa shape index (κ1) is 16.6. The Kier molecular flexibility index (Phi) is 5.32. The van der Waals surface area contributed by atoms with E-state index in [1.54, 1.807) is 37.4 Å². The number of rotatable bonds is 4. The molecule has 22 heavy (non-hydrogen) atoms. The van der Waals surface area contributed by atoms with Gasteiger partial charge in [-0.15, -0.1) is 0 Å². The predicted molar refractivity (Wildman–Crippen MR) is 88.3 cm³/mol. The number of aryl methyl sites for hydroxylation is 1. The van der Waals surface area contributed by atoms with Crippen LogP contribution in [0.4, 0.5) is 10.1 Å². The lowest BCUT2D eigenvalue weighted by Gasteiger charge is -2.10. The van der Waals surface area contributed by atoms with Crippen molar-refractivity contribution in [1.29, 1.82) is 0 Å². The molecule has 0 heterocycles. The van der Waals surface area contributed by atoms with Crippen molar-refractivity contribution in [3.05, 3.63) is 63.9 Å². The first-order valence-corrected chi connectivity index (χ1v) is 8.63. The van der Waals surface area contributed by atoms with Gasteiger partial charge in [-0.1, -0.05) is 17.7 Å². The molecule has 6 heteroatoms. The highest BCUT2D eigenvalue weighted by atomic mass is 35.5. The Morgan fingerprint density at radius 1 is 1.27 bits per heavy atom. The fraction of sp³-hybridized carbons (Fsp3) is 0.188. The number of nitrogens with one attached hydrogen (secondary N) is 1. The number of anilines is 1. The van der Waals surface area contributed by atoms with Crippen LogP contribution in [0, 0.1) is 12.7 Å². The molecule has 2 aromatic rings. The molecule has 1 atom stereocenters. The number of benzene rings is 2. The van der Waals surface area contributed by atoms with Crippen molar-refractivity contribution in [2.75, 3.05) is 11.6 Å². The number of amides is 1. The number of hydrogen-bond acceptors (Lipinski definition) is 2. The Labute approximate surface area is 136 Å². The average molecular weight is 340 g/mol. The molecule has 0 aliphatic rings. The van der Waals surface area contributed by atoms with Gasteiger partial charge in [-0.3, -0.25) is 9.00 Å². The van der Waals surface area contributed by atoms with Gasteiger partial charge in [-0.05, 0) is 48.4 Å². The summed E-state index contributed by atoms with van der Waals surface area (Å²) in [6.45, 7) is 1.74. The highest BCUT2D eigenvalue weighted by Gasteiger charge is 2.12. The lowest BCUT2D eigenvalue weighted by molar-refractivity contribution is 0.102. The lowest BCUT2D eigenvalue weighted by Crippen LogP contribution is -2.14. The molecule has 0 spiro atoms. The SMILES string of the molecule is Cc1ccc(F)cc1C(=O)Nc1ccc(Cl)c(C[S@](C)=O)c1. The third-order valence-electron chi connectivity index (χ3n) is 3.11. The molecule has 0 aliphatic carbocycles. The maximum Gasteiger partial charge on any atom is 0.256 e. The molecular weight excluding hydrogens is 325 g/mol. The minimum atomic E-state index is -1.04. The van der Waals surface area contributed by atoms with E-state index in [-0.39, 0.29) is 5.56 Å². The zero-order chi connectivity index (χ0) is 16.3. The van der Waals surface area contributed by atoms with Gasteiger partial charge in [0.25, 0.3) is 5.91 Å². The summed E-state index contributed by atoms with van der Waals surface area (Å²) < 4.78 is 24.6. The molecule has 3 nitrogen and oxygen atoms in total. The van der Waals surface area contributed by atoms with Gasteiger partial charge in [0.1, 0.15) is 5.82 Å². The van der Waals surface area contributed by atoms with Crippen LogP contribution in [0.25, 0.3) is 0 Å². The van der Waals surface area contributed by atoms with Crippen LogP contribution in [0.3, 0.4) is 0 Å². The fourth-order valence-corrected chi connectivity index (χ4v) is 2.96.